The lowest BCUT2D eigenvalue weighted by molar-refractivity contribution is 0.0425. The maximum Gasteiger partial charge on any atom is 0.346 e. The van der Waals surface area contributed by atoms with E-state index in [1.807, 2.05) is 30.3 Å². The van der Waals surface area contributed by atoms with Gasteiger partial charge in [0.05, 0.1) is 22.3 Å². The topological polar surface area (TPSA) is 90.0 Å². The van der Waals surface area contributed by atoms with Gasteiger partial charge >= 0.3 is 23.9 Å². The van der Waals surface area contributed by atoms with E-state index in [1.54, 1.807) is 24.3 Å². The van der Waals surface area contributed by atoms with Crippen LogP contribution in [0.25, 0.3) is 0 Å². The van der Waals surface area contributed by atoms with E-state index >= 15 is 0 Å². The Morgan fingerprint density at radius 2 is 0.745 bits per heavy atom. The Hall–Kier alpha value is -5.82. The van der Waals surface area contributed by atoms with Gasteiger partial charge in [-0.05, 0) is 82.9 Å². The second-order valence-electron chi connectivity index (χ2n) is 12.9. The fourth-order valence-electron chi connectivity index (χ4n) is 6.36. The monoisotopic (exact) mass is 621 g/mol. The highest BCUT2D eigenvalue weighted by molar-refractivity contribution is 6.15. The number of anilines is 3. The zero-order valence-corrected chi connectivity index (χ0v) is 26.4. The number of esters is 4. The Morgan fingerprint density at radius 1 is 0.404 bits per heavy atom. The minimum absolute atomic E-state index is 0.297. The van der Waals surface area contributed by atoms with Crippen LogP contribution in [0.4, 0.5) is 17.1 Å². The van der Waals surface area contributed by atoms with E-state index in [0.29, 0.717) is 22.3 Å². The fourth-order valence-corrected chi connectivity index (χ4v) is 6.36. The van der Waals surface area contributed by atoms with Crippen LogP contribution in [-0.2, 0) is 20.3 Å². The van der Waals surface area contributed by atoms with E-state index in [4.69, 9.17) is 9.47 Å². The zero-order valence-electron chi connectivity index (χ0n) is 26.4. The number of hydrogen-bond acceptors (Lipinski definition) is 7. The van der Waals surface area contributed by atoms with Gasteiger partial charge in [0.15, 0.2) is 0 Å². The Bertz CT molecular complexity index is 1960. The molecule has 0 amide bonds. The molecule has 0 aromatic heterocycles. The Kier molecular flexibility index (Phi) is 6.93. The summed E-state index contributed by atoms with van der Waals surface area (Å²) in [5, 5.41) is 0. The molecule has 0 unspecified atom stereocenters. The molecular formula is C40H31NO6. The molecular weight excluding hydrogens is 590 g/mol. The maximum atomic E-state index is 12.2. The van der Waals surface area contributed by atoms with Crippen LogP contribution >= 0.6 is 0 Å². The molecule has 7 heteroatoms. The van der Waals surface area contributed by atoms with Crippen LogP contribution in [0.1, 0.15) is 91.4 Å². The molecule has 0 bridgehead atoms. The first kappa shape index (κ1) is 29.9. The lowest BCUT2D eigenvalue weighted by atomic mass is 9.77. The molecule has 7 nitrogen and oxygen atoms in total. The van der Waals surface area contributed by atoms with Crippen LogP contribution in [0, 0.1) is 0 Å². The third-order valence-electron chi connectivity index (χ3n) is 9.44. The molecule has 0 radical (unpaired) electrons. The quantitative estimate of drug-likeness (QED) is 0.133. The van der Waals surface area contributed by atoms with Crippen molar-refractivity contribution < 1.29 is 28.7 Å². The van der Waals surface area contributed by atoms with Crippen LogP contribution < -0.4 is 4.90 Å². The molecule has 0 spiro atoms. The first-order valence-electron chi connectivity index (χ1n) is 15.3. The van der Waals surface area contributed by atoms with Gasteiger partial charge in [-0.3, -0.25) is 0 Å². The van der Waals surface area contributed by atoms with Crippen molar-refractivity contribution in [2.45, 2.75) is 38.5 Å². The summed E-state index contributed by atoms with van der Waals surface area (Å²) < 4.78 is 9.58. The van der Waals surface area contributed by atoms with Crippen LogP contribution in [0.15, 0.2) is 115 Å². The highest BCUT2D eigenvalue weighted by Crippen LogP contribution is 2.40. The van der Waals surface area contributed by atoms with Crippen LogP contribution in [-0.4, -0.2) is 23.9 Å². The van der Waals surface area contributed by atoms with Crippen molar-refractivity contribution in [2.75, 3.05) is 4.90 Å². The third-order valence-corrected chi connectivity index (χ3v) is 9.44. The van der Waals surface area contributed by atoms with Gasteiger partial charge in [-0.15, -0.1) is 0 Å². The molecule has 2 aliphatic rings. The third kappa shape index (κ3) is 5.00. The average Bonchev–Trinajstić information content (AvgIpc) is 3.53. The van der Waals surface area contributed by atoms with Crippen LogP contribution in [0.5, 0.6) is 0 Å². The summed E-state index contributed by atoms with van der Waals surface area (Å²) in [7, 11) is 0. The molecule has 0 atom stereocenters. The highest BCUT2D eigenvalue weighted by atomic mass is 16.6. The van der Waals surface area contributed by atoms with E-state index < -0.39 is 34.7 Å². The largest absolute Gasteiger partial charge is 0.386 e. The van der Waals surface area contributed by atoms with Crippen molar-refractivity contribution in [2.24, 2.45) is 0 Å². The normalized spacial score (nSPS) is 14.0. The van der Waals surface area contributed by atoms with E-state index in [0.717, 1.165) is 39.3 Å². The SMILES string of the molecule is CC(C)(c1ccc(N(c2ccccc2)c2ccc(C(C)(C)c3ccc4c(c3)C(=O)OC4=O)cc2)cc1)c1ccc2c(c1)C(=O)OC2=O. The standard InChI is InChI=1S/C40H31NO6/c1-39(2,26-14-20-31-33(22-26)37(44)46-35(31)42)24-10-16-29(17-11-24)41(28-8-6-5-7-9-28)30-18-12-25(13-19-30)40(3,4)27-15-21-32-34(23-27)38(45)47-36(32)43/h5-23H,1-4H3. The first-order chi connectivity index (χ1) is 22.4. The molecule has 5 aromatic carbocycles. The predicted molar refractivity (Wildman–Crippen MR) is 178 cm³/mol. The summed E-state index contributed by atoms with van der Waals surface area (Å²) in [4.78, 5) is 50.5. The zero-order chi connectivity index (χ0) is 33.1. The average molecular weight is 622 g/mol. The smallest absolute Gasteiger partial charge is 0.346 e. The van der Waals surface area contributed by atoms with E-state index in [-0.39, 0.29) is 0 Å². The highest BCUT2D eigenvalue weighted by Gasteiger charge is 2.34. The Balaban J connectivity index is 1.20. The molecule has 2 aliphatic heterocycles. The molecule has 0 aliphatic carbocycles. The number of ether oxygens (including phenoxy) is 2. The van der Waals surface area contributed by atoms with Gasteiger partial charge in [0.1, 0.15) is 0 Å². The van der Waals surface area contributed by atoms with Gasteiger partial charge in [-0.1, -0.05) is 82.3 Å². The summed E-state index contributed by atoms with van der Waals surface area (Å²) in [6.45, 7) is 8.35. The first-order valence-corrected chi connectivity index (χ1v) is 15.3. The molecule has 0 N–H and O–H groups in total. The van der Waals surface area contributed by atoms with Gasteiger partial charge in [-0.25, -0.2) is 19.2 Å². The van der Waals surface area contributed by atoms with Crippen LogP contribution in [0.3, 0.4) is 0 Å². The van der Waals surface area contributed by atoms with Gasteiger partial charge in [0.2, 0.25) is 0 Å². The second kappa shape index (κ2) is 10.9. The number of para-hydroxylation sites is 1. The maximum absolute atomic E-state index is 12.2. The number of carbonyl (C=O) groups excluding carboxylic acids is 4. The van der Waals surface area contributed by atoms with Crippen LogP contribution in [0.2, 0.25) is 0 Å². The lowest BCUT2D eigenvalue weighted by Gasteiger charge is -2.30. The molecule has 232 valence electrons. The number of rotatable bonds is 7. The van der Waals surface area contributed by atoms with E-state index in [9.17, 15) is 19.2 Å². The summed E-state index contributed by atoms with van der Waals surface area (Å²) >= 11 is 0. The summed E-state index contributed by atoms with van der Waals surface area (Å²) in [5.41, 5.74) is 7.11. The number of cyclic esters (lactones) is 4. The second-order valence-corrected chi connectivity index (χ2v) is 12.9. The van der Waals surface area contributed by atoms with Gasteiger partial charge < -0.3 is 14.4 Å². The minimum atomic E-state index is -0.612. The van der Waals surface area contributed by atoms with Crippen molar-refractivity contribution >= 4 is 40.9 Å². The minimum Gasteiger partial charge on any atom is -0.386 e. The van der Waals surface area contributed by atoms with Crippen molar-refractivity contribution in [3.63, 3.8) is 0 Å². The number of hydrogen-bond donors (Lipinski definition) is 0. The Labute approximate surface area is 272 Å². The molecule has 0 fully saturated rings. The fraction of sp³-hybridized carbons (Fsp3) is 0.150. The van der Waals surface area contributed by atoms with Gasteiger partial charge in [0, 0.05) is 27.9 Å². The van der Waals surface area contributed by atoms with Gasteiger partial charge in [-0.2, -0.15) is 0 Å². The molecule has 0 saturated carbocycles. The number of nitrogens with zero attached hydrogens (tertiary/aromatic N) is 1. The predicted octanol–water partition coefficient (Wildman–Crippen LogP) is 8.43. The summed E-state index contributed by atoms with van der Waals surface area (Å²) in [5.74, 6) is -2.44. The number of benzene rings is 5. The van der Waals surface area contributed by atoms with E-state index in [1.165, 1.54) is 0 Å². The molecule has 2 heterocycles. The van der Waals surface area contributed by atoms with Crippen molar-refractivity contribution in [1.82, 2.24) is 0 Å². The number of carbonyl (C=O) groups is 4. The summed E-state index contributed by atoms with van der Waals surface area (Å²) in [6.07, 6.45) is 0. The van der Waals surface area contributed by atoms with Crippen molar-refractivity contribution in [3.05, 3.63) is 160 Å². The summed E-state index contributed by atoms with van der Waals surface area (Å²) in [6, 6.07) is 37.4. The lowest BCUT2D eigenvalue weighted by Crippen LogP contribution is -2.20. The Morgan fingerprint density at radius 3 is 1.15 bits per heavy atom. The number of fused-ring (bicyclic) bond motifs is 2. The van der Waals surface area contributed by atoms with Crippen molar-refractivity contribution in [1.29, 1.82) is 0 Å². The molecule has 0 saturated heterocycles. The van der Waals surface area contributed by atoms with Gasteiger partial charge in [0.25, 0.3) is 0 Å². The van der Waals surface area contributed by atoms with E-state index in [2.05, 4.69) is 93.3 Å². The van der Waals surface area contributed by atoms with Crippen molar-refractivity contribution in [3.8, 4) is 0 Å². The molecule has 47 heavy (non-hydrogen) atoms. The molecule has 5 aromatic rings. The molecule has 7 rings (SSSR count).